The minimum Gasteiger partial charge on any atom is -0.396 e. The molecule has 2 rings (SSSR count). The molecule has 1 fully saturated rings. The summed E-state index contributed by atoms with van der Waals surface area (Å²) in [6.07, 6.45) is 3.62. The van der Waals surface area contributed by atoms with Crippen LogP contribution in [0.5, 0.6) is 0 Å². The number of nitrogens with zero attached hydrogens (tertiary/aromatic N) is 2. The van der Waals surface area contributed by atoms with E-state index in [0.717, 1.165) is 19.4 Å². The van der Waals surface area contributed by atoms with Crippen LogP contribution in [0.25, 0.3) is 0 Å². The Morgan fingerprint density at radius 3 is 3.00 bits per heavy atom. The molecule has 1 aliphatic heterocycles. The standard InChI is InChI=1S/C9H14N4O2/c10-7-4-13(12-8(7)9(11)14)6-2-1-3-15-5-6/h4,6H,1-3,5,10H2,(H2,11,14). The molecule has 0 aliphatic carbocycles. The molecule has 6 nitrogen and oxygen atoms in total. The smallest absolute Gasteiger partial charge is 0.271 e. The summed E-state index contributed by atoms with van der Waals surface area (Å²) < 4.78 is 7.00. The molecular formula is C9H14N4O2. The van der Waals surface area contributed by atoms with Crippen molar-refractivity contribution in [3.63, 3.8) is 0 Å². The maximum absolute atomic E-state index is 11.0. The Balaban J connectivity index is 2.21. The average molecular weight is 210 g/mol. The maximum Gasteiger partial charge on any atom is 0.271 e. The van der Waals surface area contributed by atoms with E-state index in [-0.39, 0.29) is 11.7 Å². The van der Waals surface area contributed by atoms with E-state index in [2.05, 4.69) is 5.10 Å². The number of hydrogen-bond acceptors (Lipinski definition) is 4. The van der Waals surface area contributed by atoms with E-state index >= 15 is 0 Å². The van der Waals surface area contributed by atoms with Gasteiger partial charge in [-0.15, -0.1) is 0 Å². The fourth-order valence-corrected chi connectivity index (χ4v) is 1.72. The van der Waals surface area contributed by atoms with Crippen LogP contribution >= 0.6 is 0 Å². The van der Waals surface area contributed by atoms with Gasteiger partial charge in [0.25, 0.3) is 5.91 Å². The molecule has 0 spiro atoms. The van der Waals surface area contributed by atoms with Gasteiger partial charge in [0, 0.05) is 12.8 Å². The summed E-state index contributed by atoms with van der Waals surface area (Å²) in [5.74, 6) is -0.594. The van der Waals surface area contributed by atoms with Crippen LogP contribution in [0.4, 0.5) is 5.69 Å². The zero-order chi connectivity index (χ0) is 10.8. The van der Waals surface area contributed by atoms with Gasteiger partial charge in [-0.05, 0) is 12.8 Å². The first-order valence-electron chi connectivity index (χ1n) is 4.90. The third-order valence-electron chi connectivity index (χ3n) is 2.50. The molecular weight excluding hydrogens is 196 g/mol. The monoisotopic (exact) mass is 210 g/mol. The minimum atomic E-state index is -0.594. The van der Waals surface area contributed by atoms with Gasteiger partial charge in [0.05, 0.1) is 18.3 Å². The highest BCUT2D eigenvalue weighted by atomic mass is 16.5. The summed E-state index contributed by atoms with van der Waals surface area (Å²) in [6.45, 7) is 1.40. The van der Waals surface area contributed by atoms with Gasteiger partial charge in [-0.25, -0.2) is 0 Å². The fourth-order valence-electron chi connectivity index (χ4n) is 1.72. The van der Waals surface area contributed by atoms with Crippen LogP contribution in [0.15, 0.2) is 6.20 Å². The lowest BCUT2D eigenvalue weighted by atomic mass is 10.1. The molecule has 0 aromatic carbocycles. The number of rotatable bonds is 2. The highest BCUT2D eigenvalue weighted by molar-refractivity contribution is 5.95. The third kappa shape index (κ3) is 1.94. The molecule has 1 amide bonds. The van der Waals surface area contributed by atoms with Crippen molar-refractivity contribution < 1.29 is 9.53 Å². The van der Waals surface area contributed by atoms with Gasteiger partial charge < -0.3 is 16.2 Å². The number of carbonyl (C=O) groups is 1. The van der Waals surface area contributed by atoms with Crippen molar-refractivity contribution in [1.29, 1.82) is 0 Å². The molecule has 1 unspecified atom stereocenters. The first kappa shape index (κ1) is 9.97. The Morgan fingerprint density at radius 2 is 2.47 bits per heavy atom. The maximum atomic E-state index is 11.0. The molecule has 82 valence electrons. The van der Waals surface area contributed by atoms with E-state index in [1.807, 2.05) is 0 Å². The van der Waals surface area contributed by atoms with Crippen LogP contribution < -0.4 is 11.5 Å². The average Bonchev–Trinajstić information content (AvgIpc) is 2.62. The van der Waals surface area contributed by atoms with Crippen LogP contribution in [-0.2, 0) is 4.74 Å². The van der Waals surface area contributed by atoms with E-state index in [1.54, 1.807) is 10.9 Å². The predicted octanol–water partition coefficient (Wildman–Crippen LogP) is -0.0843. The second kappa shape index (κ2) is 3.90. The summed E-state index contributed by atoms with van der Waals surface area (Å²) >= 11 is 0. The largest absolute Gasteiger partial charge is 0.396 e. The molecule has 1 atom stereocenters. The van der Waals surface area contributed by atoms with Crippen LogP contribution in [0, 0.1) is 0 Å². The summed E-state index contributed by atoms with van der Waals surface area (Å²) in [4.78, 5) is 11.0. The number of amides is 1. The molecule has 0 saturated carbocycles. The SMILES string of the molecule is NC(=O)c1nn(C2CCCOC2)cc1N. The Bertz CT molecular complexity index is 368. The molecule has 0 radical (unpaired) electrons. The molecule has 0 bridgehead atoms. The number of nitrogen functional groups attached to an aromatic ring is 1. The van der Waals surface area contributed by atoms with E-state index in [0.29, 0.717) is 12.3 Å². The Morgan fingerprint density at radius 1 is 1.67 bits per heavy atom. The van der Waals surface area contributed by atoms with E-state index in [9.17, 15) is 4.79 Å². The Hall–Kier alpha value is -1.56. The van der Waals surface area contributed by atoms with Gasteiger partial charge in [-0.2, -0.15) is 5.10 Å². The summed E-state index contributed by atoms with van der Waals surface area (Å²) in [5.41, 5.74) is 11.2. The number of aromatic nitrogens is 2. The lowest BCUT2D eigenvalue weighted by molar-refractivity contribution is 0.0547. The quantitative estimate of drug-likeness (QED) is 0.713. The van der Waals surface area contributed by atoms with Crippen LogP contribution in [0.1, 0.15) is 29.4 Å². The van der Waals surface area contributed by atoms with Gasteiger partial charge >= 0.3 is 0 Å². The highest BCUT2D eigenvalue weighted by Crippen LogP contribution is 2.21. The topological polar surface area (TPSA) is 96.2 Å². The number of nitrogens with two attached hydrogens (primary N) is 2. The van der Waals surface area contributed by atoms with Crippen LogP contribution in [0.2, 0.25) is 0 Å². The molecule has 2 heterocycles. The van der Waals surface area contributed by atoms with Gasteiger partial charge in [-0.1, -0.05) is 0 Å². The van der Waals surface area contributed by atoms with E-state index in [1.165, 1.54) is 0 Å². The lowest BCUT2D eigenvalue weighted by Gasteiger charge is -2.22. The second-order valence-electron chi connectivity index (χ2n) is 3.65. The zero-order valence-corrected chi connectivity index (χ0v) is 8.35. The van der Waals surface area contributed by atoms with Gasteiger partial charge in [-0.3, -0.25) is 9.48 Å². The number of hydrogen-bond donors (Lipinski definition) is 2. The van der Waals surface area contributed by atoms with Gasteiger partial charge in [0.2, 0.25) is 0 Å². The summed E-state index contributed by atoms with van der Waals surface area (Å²) in [5, 5.41) is 4.07. The number of primary amides is 1. The van der Waals surface area contributed by atoms with Gasteiger partial charge in [0.1, 0.15) is 0 Å². The molecule has 4 N–H and O–H groups in total. The number of anilines is 1. The van der Waals surface area contributed by atoms with E-state index in [4.69, 9.17) is 16.2 Å². The van der Waals surface area contributed by atoms with Crippen molar-refractivity contribution in [3.05, 3.63) is 11.9 Å². The van der Waals surface area contributed by atoms with Crippen LogP contribution in [0.3, 0.4) is 0 Å². The molecule has 1 aliphatic rings. The number of carbonyl (C=O) groups excluding carboxylic acids is 1. The Labute approximate surface area is 87.2 Å². The van der Waals surface area contributed by atoms with Crippen molar-refractivity contribution in [3.8, 4) is 0 Å². The summed E-state index contributed by atoms with van der Waals surface area (Å²) in [6, 6.07) is 0.161. The second-order valence-corrected chi connectivity index (χ2v) is 3.65. The molecule has 1 saturated heterocycles. The van der Waals surface area contributed by atoms with Crippen molar-refractivity contribution in [1.82, 2.24) is 9.78 Å². The molecule has 1 aromatic heterocycles. The molecule has 1 aromatic rings. The Kier molecular flexibility index (Phi) is 2.59. The van der Waals surface area contributed by atoms with Gasteiger partial charge in [0.15, 0.2) is 5.69 Å². The van der Waals surface area contributed by atoms with Crippen molar-refractivity contribution in [2.24, 2.45) is 5.73 Å². The van der Waals surface area contributed by atoms with Crippen LogP contribution in [-0.4, -0.2) is 28.9 Å². The predicted molar refractivity (Wildman–Crippen MR) is 54.2 cm³/mol. The minimum absolute atomic E-state index is 0.139. The molecule has 6 heteroatoms. The van der Waals surface area contributed by atoms with Crippen molar-refractivity contribution in [2.45, 2.75) is 18.9 Å². The van der Waals surface area contributed by atoms with Crippen molar-refractivity contribution >= 4 is 11.6 Å². The highest BCUT2D eigenvalue weighted by Gasteiger charge is 2.19. The lowest BCUT2D eigenvalue weighted by Crippen LogP contribution is -2.22. The zero-order valence-electron chi connectivity index (χ0n) is 8.35. The molecule has 15 heavy (non-hydrogen) atoms. The summed E-state index contributed by atoms with van der Waals surface area (Å²) in [7, 11) is 0. The third-order valence-corrected chi connectivity index (χ3v) is 2.50. The first-order valence-corrected chi connectivity index (χ1v) is 4.90. The fraction of sp³-hybridized carbons (Fsp3) is 0.556. The normalized spacial score (nSPS) is 21.5. The van der Waals surface area contributed by atoms with Crippen molar-refractivity contribution in [2.75, 3.05) is 18.9 Å². The van der Waals surface area contributed by atoms with E-state index < -0.39 is 5.91 Å². The number of ether oxygens (including phenoxy) is 1. The first-order chi connectivity index (χ1) is 7.18.